The summed E-state index contributed by atoms with van der Waals surface area (Å²) in [5.41, 5.74) is 1.11. The number of hydrogen-bond donors (Lipinski definition) is 2. The summed E-state index contributed by atoms with van der Waals surface area (Å²) in [5.74, 6) is 0.449. The molecule has 41 heavy (non-hydrogen) atoms. The van der Waals surface area contributed by atoms with Crippen molar-refractivity contribution >= 4 is 40.7 Å². The number of ether oxygens (including phenoxy) is 3. The molecular weight excluding hydrogens is 572 g/mol. The van der Waals surface area contributed by atoms with E-state index < -0.39 is 11.9 Å². The minimum atomic E-state index is -0.720. The number of amides is 2. The monoisotopic (exact) mass is 599 g/mol. The van der Waals surface area contributed by atoms with Gasteiger partial charge in [0.25, 0.3) is 11.8 Å². The highest BCUT2D eigenvalue weighted by Crippen LogP contribution is 2.60. The Morgan fingerprint density at radius 2 is 1.80 bits per heavy atom. The number of nitrogens with zero attached hydrogens (tertiary/aromatic N) is 1. The number of methoxy groups -OCH3 is 1. The standard InChI is InChI=1S/C30H28Cl2FN3O5/c1-39-20-4-2-3-18(9-20)12-36-13-26(41-25-8-5-19(31)10-24(25)36)28(38)35-30-15-29(16-30,17-30)34-27(37)14-40-21-6-7-22(32)23(33)11-21/h2-11,26H,12-17H2,1H3,(H,34,37)(H,35,38). The normalized spacial score (nSPS) is 23.7. The number of halogens is 3. The molecule has 8 nitrogen and oxygen atoms in total. The molecule has 2 amide bonds. The van der Waals surface area contributed by atoms with Crippen LogP contribution in [0.2, 0.25) is 10.0 Å². The predicted molar refractivity (Wildman–Crippen MR) is 152 cm³/mol. The Morgan fingerprint density at radius 3 is 2.56 bits per heavy atom. The van der Waals surface area contributed by atoms with Gasteiger partial charge in [-0.3, -0.25) is 9.59 Å². The summed E-state index contributed by atoms with van der Waals surface area (Å²) < 4.78 is 30.5. The molecule has 1 atom stereocenters. The number of carbonyl (C=O) groups excluding carboxylic acids is 2. The smallest absolute Gasteiger partial charge is 0.263 e. The highest BCUT2D eigenvalue weighted by molar-refractivity contribution is 6.31. The molecular formula is C30H28Cl2FN3O5. The molecule has 3 saturated carbocycles. The highest BCUT2D eigenvalue weighted by Gasteiger charge is 2.69. The molecule has 3 aliphatic carbocycles. The zero-order valence-corrected chi connectivity index (χ0v) is 23.7. The first-order chi connectivity index (χ1) is 19.6. The molecule has 3 aromatic rings. The van der Waals surface area contributed by atoms with Crippen molar-refractivity contribution in [2.24, 2.45) is 0 Å². The molecule has 1 unspecified atom stereocenters. The minimum Gasteiger partial charge on any atom is -0.497 e. The van der Waals surface area contributed by atoms with Crippen molar-refractivity contribution in [2.45, 2.75) is 43.0 Å². The molecule has 4 aliphatic rings. The van der Waals surface area contributed by atoms with Crippen LogP contribution < -0.4 is 29.7 Å². The van der Waals surface area contributed by atoms with Gasteiger partial charge in [0.1, 0.15) is 23.1 Å². The van der Waals surface area contributed by atoms with Crippen molar-refractivity contribution in [2.75, 3.05) is 25.2 Å². The average Bonchev–Trinajstić information content (AvgIpc) is 2.92. The third-order valence-corrected chi connectivity index (χ3v) is 8.34. The molecule has 3 fully saturated rings. The topological polar surface area (TPSA) is 89.1 Å². The van der Waals surface area contributed by atoms with Crippen molar-refractivity contribution in [3.05, 3.63) is 82.1 Å². The first-order valence-electron chi connectivity index (χ1n) is 13.2. The Bertz CT molecular complexity index is 1500. The summed E-state index contributed by atoms with van der Waals surface area (Å²) in [6.45, 7) is 0.643. The van der Waals surface area contributed by atoms with Gasteiger partial charge < -0.3 is 29.7 Å². The zero-order chi connectivity index (χ0) is 28.8. The Labute approximate surface area is 246 Å². The van der Waals surface area contributed by atoms with Crippen molar-refractivity contribution < 1.29 is 28.2 Å². The summed E-state index contributed by atoms with van der Waals surface area (Å²) in [6.07, 6.45) is 1.15. The van der Waals surface area contributed by atoms with E-state index in [9.17, 15) is 14.0 Å². The first-order valence-corrected chi connectivity index (χ1v) is 14.0. The molecule has 7 rings (SSSR count). The van der Waals surface area contributed by atoms with Gasteiger partial charge in [-0.15, -0.1) is 0 Å². The summed E-state index contributed by atoms with van der Waals surface area (Å²) in [5, 5.41) is 6.73. The van der Waals surface area contributed by atoms with Gasteiger partial charge in [0.15, 0.2) is 12.7 Å². The van der Waals surface area contributed by atoms with E-state index in [2.05, 4.69) is 15.5 Å². The lowest BCUT2D eigenvalue weighted by molar-refractivity contribution is -0.153. The van der Waals surface area contributed by atoms with E-state index in [4.69, 9.17) is 37.4 Å². The quantitative estimate of drug-likeness (QED) is 0.364. The van der Waals surface area contributed by atoms with Gasteiger partial charge in [-0.2, -0.15) is 0 Å². The number of benzene rings is 3. The van der Waals surface area contributed by atoms with Gasteiger partial charge in [-0.1, -0.05) is 35.3 Å². The van der Waals surface area contributed by atoms with Crippen LogP contribution in [-0.4, -0.2) is 49.3 Å². The average molecular weight is 600 g/mol. The van der Waals surface area contributed by atoms with Crippen molar-refractivity contribution in [3.63, 3.8) is 0 Å². The lowest BCUT2D eigenvalue weighted by Gasteiger charge is -2.70. The van der Waals surface area contributed by atoms with Gasteiger partial charge in [0, 0.05) is 28.7 Å². The number of carbonyl (C=O) groups is 2. The van der Waals surface area contributed by atoms with Crippen LogP contribution in [0.1, 0.15) is 24.8 Å². The zero-order valence-electron chi connectivity index (χ0n) is 22.2. The minimum absolute atomic E-state index is 0.0141. The summed E-state index contributed by atoms with van der Waals surface area (Å²) in [7, 11) is 1.63. The fourth-order valence-electron chi connectivity index (χ4n) is 6.05. The van der Waals surface area contributed by atoms with Gasteiger partial charge in [-0.25, -0.2) is 4.39 Å². The van der Waals surface area contributed by atoms with Crippen LogP contribution in [0.5, 0.6) is 17.2 Å². The second-order valence-corrected chi connectivity index (χ2v) is 11.8. The first kappa shape index (κ1) is 27.5. The van der Waals surface area contributed by atoms with Crippen LogP contribution in [0.25, 0.3) is 0 Å². The molecule has 11 heteroatoms. The maximum absolute atomic E-state index is 13.6. The molecule has 0 aromatic heterocycles. The van der Waals surface area contributed by atoms with Crippen molar-refractivity contribution in [1.29, 1.82) is 0 Å². The Morgan fingerprint density at radius 1 is 1.02 bits per heavy atom. The SMILES string of the molecule is COc1cccc(CN2CC(C(=O)NC34CC(NC(=O)COc5ccc(Cl)c(F)c5)(C3)C4)Oc3ccc(Cl)cc32)c1. The van der Waals surface area contributed by atoms with E-state index in [1.54, 1.807) is 19.2 Å². The highest BCUT2D eigenvalue weighted by atomic mass is 35.5. The van der Waals surface area contributed by atoms with E-state index in [0.29, 0.717) is 43.1 Å². The summed E-state index contributed by atoms with van der Waals surface area (Å²) in [6, 6.07) is 17.2. The molecule has 2 N–H and O–H groups in total. The van der Waals surface area contributed by atoms with E-state index >= 15 is 0 Å². The summed E-state index contributed by atoms with van der Waals surface area (Å²) >= 11 is 12.0. The molecule has 0 spiro atoms. The number of anilines is 1. The van der Waals surface area contributed by atoms with E-state index in [1.165, 1.54) is 12.1 Å². The maximum atomic E-state index is 13.6. The largest absolute Gasteiger partial charge is 0.497 e. The van der Waals surface area contributed by atoms with E-state index in [0.717, 1.165) is 23.1 Å². The summed E-state index contributed by atoms with van der Waals surface area (Å²) in [4.78, 5) is 27.9. The third-order valence-electron chi connectivity index (χ3n) is 7.80. The number of hydrogen-bond acceptors (Lipinski definition) is 6. The van der Waals surface area contributed by atoms with Crippen LogP contribution in [0.3, 0.4) is 0 Å². The second kappa shape index (κ2) is 10.6. The number of fused-ring (bicyclic) bond motifs is 1. The van der Waals surface area contributed by atoms with Crippen LogP contribution in [0, 0.1) is 5.82 Å². The lowest BCUT2D eigenvalue weighted by atomic mass is 9.44. The Hall–Kier alpha value is -3.69. The Kier molecular flexibility index (Phi) is 7.11. The Balaban J connectivity index is 1.04. The number of nitrogens with one attached hydrogen (secondary N) is 2. The van der Waals surface area contributed by atoms with Crippen molar-refractivity contribution in [3.8, 4) is 17.2 Å². The molecule has 0 radical (unpaired) electrons. The van der Waals surface area contributed by atoms with Crippen LogP contribution >= 0.6 is 23.2 Å². The predicted octanol–water partition coefficient (Wildman–Crippen LogP) is 4.90. The molecule has 1 heterocycles. The fourth-order valence-corrected chi connectivity index (χ4v) is 6.33. The van der Waals surface area contributed by atoms with Crippen LogP contribution in [-0.2, 0) is 16.1 Å². The van der Waals surface area contributed by atoms with E-state index in [-0.39, 0.29) is 40.3 Å². The molecule has 0 saturated heterocycles. The van der Waals surface area contributed by atoms with Gasteiger partial charge >= 0.3 is 0 Å². The van der Waals surface area contributed by atoms with Crippen LogP contribution in [0.4, 0.5) is 10.1 Å². The maximum Gasteiger partial charge on any atom is 0.263 e. The van der Waals surface area contributed by atoms with Crippen LogP contribution in [0.15, 0.2) is 60.7 Å². The molecule has 2 bridgehead atoms. The molecule has 1 aliphatic heterocycles. The van der Waals surface area contributed by atoms with Gasteiger partial charge in [0.2, 0.25) is 0 Å². The molecule has 214 valence electrons. The second-order valence-electron chi connectivity index (χ2n) is 10.9. The molecule has 3 aromatic carbocycles. The van der Waals surface area contributed by atoms with Gasteiger partial charge in [0.05, 0.1) is 24.4 Å². The van der Waals surface area contributed by atoms with Crippen molar-refractivity contribution in [1.82, 2.24) is 10.6 Å². The third kappa shape index (κ3) is 5.61. The van der Waals surface area contributed by atoms with Gasteiger partial charge in [-0.05, 0) is 67.3 Å². The fraction of sp³-hybridized carbons (Fsp3) is 0.333. The van der Waals surface area contributed by atoms with E-state index in [1.807, 2.05) is 30.3 Å². The number of rotatable bonds is 9. The lowest BCUT2D eigenvalue weighted by Crippen LogP contribution is -2.84.